The molecule has 4 rings (SSSR count). The highest BCUT2D eigenvalue weighted by Gasteiger charge is 2.40. The van der Waals surface area contributed by atoms with Gasteiger partial charge in [-0.3, -0.25) is 4.98 Å². The van der Waals surface area contributed by atoms with Gasteiger partial charge >= 0.3 is 0 Å². The highest BCUT2D eigenvalue weighted by atomic mass is 16.5. The number of nitrogens with one attached hydrogen (secondary N) is 1. The minimum atomic E-state index is 0.477. The van der Waals surface area contributed by atoms with Crippen molar-refractivity contribution in [2.24, 2.45) is 5.92 Å². The molecule has 1 N–H and O–H groups in total. The van der Waals surface area contributed by atoms with Gasteiger partial charge in [-0.25, -0.2) is 0 Å². The monoisotopic (exact) mass is 296 g/mol. The maximum absolute atomic E-state index is 5.89. The number of benzene rings is 1. The average Bonchev–Trinajstić information content (AvgIpc) is 3.18. The smallest absolute Gasteiger partial charge is 0.145 e. The Morgan fingerprint density at radius 2 is 2.05 bits per heavy atom. The van der Waals surface area contributed by atoms with Gasteiger partial charge in [0, 0.05) is 24.3 Å². The fraction of sp³-hybridized carbons (Fsp3) is 0.389. The molecule has 3 atom stereocenters. The van der Waals surface area contributed by atoms with Gasteiger partial charge in [0.05, 0.1) is 18.4 Å². The summed E-state index contributed by atoms with van der Waals surface area (Å²) in [5, 5.41) is 3.51. The van der Waals surface area contributed by atoms with Crippen molar-refractivity contribution in [2.75, 3.05) is 11.9 Å². The van der Waals surface area contributed by atoms with Crippen LogP contribution in [-0.4, -0.2) is 23.7 Å². The van der Waals surface area contributed by atoms with Gasteiger partial charge in [-0.05, 0) is 55.7 Å². The third-order valence-electron chi connectivity index (χ3n) is 4.52. The number of hydrogen-bond acceptors (Lipinski definition) is 4. The van der Waals surface area contributed by atoms with Gasteiger partial charge in [-0.1, -0.05) is 0 Å². The molecule has 0 spiro atoms. The molecule has 1 aromatic heterocycles. The van der Waals surface area contributed by atoms with E-state index >= 15 is 0 Å². The van der Waals surface area contributed by atoms with Crippen LogP contribution in [0.15, 0.2) is 48.8 Å². The zero-order chi connectivity index (χ0) is 14.8. The van der Waals surface area contributed by atoms with E-state index in [-0.39, 0.29) is 0 Å². The fourth-order valence-corrected chi connectivity index (χ4v) is 3.39. The van der Waals surface area contributed by atoms with Crippen LogP contribution in [0.3, 0.4) is 0 Å². The number of ether oxygens (including phenoxy) is 2. The summed E-state index contributed by atoms with van der Waals surface area (Å²) in [7, 11) is 0. The first-order valence-corrected chi connectivity index (χ1v) is 7.94. The number of anilines is 1. The van der Waals surface area contributed by atoms with E-state index in [1.54, 1.807) is 12.4 Å². The van der Waals surface area contributed by atoms with Crippen LogP contribution in [0.4, 0.5) is 5.69 Å². The Morgan fingerprint density at radius 3 is 2.73 bits per heavy atom. The Balaban J connectivity index is 1.32. The van der Waals surface area contributed by atoms with Gasteiger partial charge in [0.1, 0.15) is 11.5 Å². The van der Waals surface area contributed by atoms with Crippen LogP contribution in [0.25, 0.3) is 0 Å². The Bertz CT molecular complexity index is 615. The maximum Gasteiger partial charge on any atom is 0.145 e. The molecule has 2 aromatic rings. The molecule has 2 bridgehead atoms. The third kappa shape index (κ3) is 2.92. The zero-order valence-electron chi connectivity index (χ0n) is 12.4. The number of nitrogens with zero attached hydrogens (tertiary/aromatic N) is 1. The number of pyridine rings is 1. The molecule has 114 valence electrons. The van der Waals surface area contributed by atoms with Crippen molar-refractivity contribution in [1.82, 2.24) is 4.98 Å². The second kappa shape index (κ2) is 5.97. The van der Waals surface area contributed by atoms with Crippen LogP contribution in [0.5, 0.6) is 11.5 Å². The quantitative estimate of drug-likeness (QED) is 0.910. The molecule has 2 saturated heterocycles. The summed E-state index contributed by atoms with van der Waals surface area (Å²) in [4.78, 5) is 4.04. The largest absolute Gasteiger partial charge is 0.456 e. The molecular weight excluding hydrogens is 276 g/mol. The summed E-state index contributed by atoms with van der Waals surface area (Å²) in [6, 6.07) is 11.8. The van der Waals surface area contributed by atoms with Gasteiger partial charge in [-0.15, -0.1) is 0 Å². The summed E-state index contributed by atoms with van der Waals surface area (Å²) in [6.07, 6.45) is 8.13. The van der Waals surface area contributed by atoms with Crippen LogP contribution in [0.1, 0.15) is 19.3 Å². The van der Waals surface area contributed by atoms with Gasteiger partial charge in [0.15, 0.2) is 0 Å². The molecule has 0 saturated carbocycles. The first-order chi connectivity index (χ1) is 10.9. The van der Waals surface area contributed by atoms with Crippen molar-refractivity contribution in [1.29, 1.82) is 0 Å². The Kier molecular flexibility index (Phi) is 3.69. The van der Waals surface area contributed by atoms with Gasteiger partial charge < -0.3 is 14.8 Å². The SMILES string of the molecule is c1cncc(Oc2ccc(NCC3CC4CCC3O4)cc2)c1. The van der Waals surface area contributed by atoms with Crippen molar-refractivity contribution >= 4 is 5.69 Å². The van der Waals surface area contributed by atoms with Crippen molar-refractivity contribution in [2.45, 2.75) is 31.5 Å². The molecule has 4 nitrogen and oxygen atoms in total. The highest BCUT2D eigenvalue weighted by Crippen LogP contribution is 2.38. The summed E-state index contributed by atoms with van der Waals surface area (Å²) in [6.45, 7) is 0.990. The molecule has 2 aliphatic heterocycles. The van der Waals surface area contributed by atoms with Crippen molar-refractivity contribution in [3.05, 3.63) is 48.8 Å². The predicted molar refractivity (Wildman–Crippen MR) is 85.2 cm³/mol. The van der Waals surface area contributed by atoms with E-state index in [0.717, 1.165) is 23.7 Å². The molecule has 3 unspecified atom stereocenters. The molecule has 0 radical (unpaired) electrons. The van der Waals surface area contributed by atoms with Gasteiger partial charge in [0.25, 0.3) is 0 Å². The van der Waals surface area contributed by atoms with Crippen LogP contribution < -0.4 is 10.1 Å². The summed E-state index contributed by atoms with van der Waals surface area (Å²) >= 11 is 0. The minimum absolute atomic E-state index is 0.477. The third-order valence-corrected chi connectivity index (χ3v) is 4.52. The lowest BCUT2D eigenvalue weighted by atomic mass is 9.89. The maximum atomic E-state index is 5.89. The molecule has 22 heavy (non-hydrogen) atoms. The van der Waals surface area contributed by atoms with Crippen molar-refractivity contribution in [3.63, 3.8) is 0 Å². The fourth-order valence-electron chi connectivity index (χ4n) is 3.39. The van der Waals surface area contributed by atoms with E-state index in [4.69, 9.17) is 9.47 Å². The molecule has 0 aliphatic carbocycles. The van der Waals surface area contributed by atoms with E-state index in [0.29, 0.717) is 18.1 Å². The normalized spacial score (nSPS) is 26.1. The summed E-state index contributed by atoms with van der Waals surface area (Å²) in [5.74, 6) is 2.23. The van der Waals surface area contributed by atoms with Crippen LogP contribution in [-0.2, 0) is 4.74 Å². The molecular formula is C18H20N2O2. The van der Waals surface area contributed by atoms with E-state index < -0.39 is 0 Å². The van der Waals surface area contributed by atoms with Crippen LogP contribution >= 0.6 is 0 Å². The number of fused-ring (bicyclic) bond motifs is 2. The van der Waals surface area contributed by atoms with Crippen LogP contribution in [0, 0.1) is 5.92 Å². The van der Waals surface area contributed by atoms with Gasteiger partial charge in [-0.2, -0.15) is 0 Å². The first kappa shape index (κ1) is 13.6. The van der Waals surface area contributed by atoms with Crippen molar-refractivity contribution in [3.8, 4) is 11.5 Å². The molecule has 1 aromatic carbocycles. The second-order valence-electron chi connectivity index (χ2n) is 6.07. The lowest BCUT2D eigenvalue weighted by molar-refractivity contribution is 0.0941. The Morgan fingerprint density at radius 1 is 1.14 bits per heavy atom. The average molecular weight is 296 g/mol. The standard InChI is InChI=1S/C18H20N2O2/c1-2-17(12-19-9-1)21-15-5-3-14(4-6-15)20-11-13-10-16-7-8-18(13)22-16/h1-6,9,12-13,16,18,20H,7-8,10-11H2. The van der Waals surface area contributed by atoms with E-state index in [2.05, 4.69) is 22.4 Å². The molecule has 2 fully saturated rings. The van der Waals surface area contributed by atoms with Crippen molar-refractivity contribution < 1.29 is 9.47 Å². The zero-order valence-corrected chi connectivity index (χ0v) is 12.4. The van der Waals surface area contributed by atoms with E-state index in [9.17, 15) is 0 Å². The minimum Gasteiger partial charge on any atom is -0.456 e. The van der Waals surface area contributed by atoms with E-state index in [1.807, 2.05) is 24.3 Å². The first-order valence-electron chi connectivity index (χ1n) is 7.94. The number of hydrogen-bond donors (Lipinski definition) is 1. The Labute approximate surface area is 130 Å². The molecule has 2 aliphatic rings. The number of rotatable bonds is 5. The summed E-state index contributed by atoms with van der Waals surface area (Å²) in [5.41, 5.74) is 1.13. The topological polar surface area (TPSA) is 43.4 Å². The van der Waals surface area contributed by atoms with E-state index in [1.165, 1.54) is 19.3 Å². The predicted octanol–water partition coefficient (Wildman–Crippen LogP) is 3.85. The number of aromatic nitrogens is 1. The van der Waals surface area contributed by atoms with Crippen LogP contribution in [0.2, 0.25) is 0 Å². The second-order valence-corrected chi connectivity index (χ2v) is 6.07. The van der Waals surface area contributed by atoms with Gasteiger partial charge in [0.2, 0.25) is 0 Å². The molecule has 3 heterocycles. The lowest BCUT2D eigenvalue weighted by Gasteiger charge is -2.19. The lowest BCUT2D eigenvalue weighted by Crippen LogP contribution is -2.24. The molecule has 4 heteroatoms. The molecule has 0 amide bonds. The summed E-state index contributed by atoms with van der Waals surface area (Å²) < 4.78 is 11.6. The Hall–Kier alpha value is -2.07. The highest BCUT2D eigenvalue weighted by molar-refractivity contribution is 5.47.